The molecule has 3 aromatic carbocycles. The van der Waals surface area contributed by atoms with Gasteiger partial charge in [-0.2, -0.15) is 0 Å². The van der Waals surface area contributed by atoms with Gasteiger partial charge in [0.15, 0.2) is 0 Å². The second kappa shape index (κ2) is 11.5. The van der Waals surface area contributed by atoms with Crippen LogP contribution >= 0.6 is 0 Å². The Balaban J connectivity index is 1.20. The number of nitrogens with two attached hydrogens (primary N) is 1. The molecule has 9 heteroatoms. The predicted octanol–water partition coefficient (Wildman–Crippen LogP) is 3.52. The minimum absolute atomic E-state index is 0.0301. The molecule has 0 aliphatic carbocycles. The summed E-state index contributed by atoms with van der Waals surface area (Å²) in [5.74, 6) is 0.778. The summed E-state index contributed by atoms with van der Waals surface area (Å²) in [4.78, 5) is 30.8. The number of carbonyl (C=O) groups excluding carboxylic acids is 2. The van der Waals surface area contributed by atoms with Gasteiger partial charge >= 0.3 is 0 Å². The molecule has 40 heavy (non-hydrogen) atoms. The smallest absolute Gasteiger partial charge is 0.254 e. The summed E-state index contributed by atoms with van der Waals surface area (Å²) in [6, 6.07) is 21.3. The van der Waals surface area contributed by atoms with Crippen LogP contribution in [0.2, 0.25) is 0 Å². The first kappa shape index (κ1) is 28.0. The Kier molecular flexibility index (Phi) is 8.07. The number of rotatable bonds is 8. The number of nitrogens with one attached hydrogen (secondary N) is 1. The van der Waals surface area contributed by atoms with E-state index in [2.05, 4.69) is 10.2 Å². The van der Waals surface area contributed by atoms with Crippen molar-refractivity contribution in [3.05, 3.63) is 101 Å². The lowest BCUT2D eigenvalue weighted by atomic mass is 10.0. The average molecular weight is 561 g/mol. The highest BCUT2D eigenvalue weighted by Crippen LogP contribution is 2.33. The van der Waals surface area contributed by atoms with Gasteiger partial charge in [-0.3, -0.25) is 9.59 Å². The number of benzene rings is 3. The lowest BCUT2D eigenvalue weighted by molar-refractivity contribution is 0.0772. The fourth-order valence-corrected chi connectivity index (χ4v) is 6.62. The molecule has 2 fully saturated rings. The van der Waals surface area contributed by atoms with Crippen LogP contribution in [0.3, 0.4) is 0 Å². The number of likely N-dealkylation sites (tertiary alicyclic amines) is 2. The Morgan fingerprint density at radius 2 is 1.48 bits per heavy atom. The molecule has 3 atom stereocenters. The van der Waals surface area contributed by atoms with Gasteiger partial charge in [0.1, 0.15) is 0 Å². The molecule has 0 radical (unpaired) electrons. The zero-order valence-corrected chi connectivity index (χ0v) is 23.7. The molecule has 5 rings (SSSR count). The number of fused-ring (bicyclic) bond motifs is 1. The van der Waals surface area contributed by atoms with E-state index in [1.807, 2.05) is 67.3 Å². The van der Waals surface area contributed by atoms with Crippen LogP contribution in [0.4, 0.5) is 0 Å². The first-order valence-electron chi connectivity index (χ1n) is 13.7. The van der Waals surface area contributed by atoms with Crippen molar-refractivity contribution in [2.45, 2.75) is 31.2 Å². The van der Waals surface area contributed by atoms with Crippen LogP contribution in [-0.4, -0.2) is 62.8 Å². The van der Waals surface area contributed by atoms with E-state index in [0.29, 0.717) is 17.4 Å². The van der Waals surface area contributed by atoms with E-state index < -0.39 is 10.0 Å². The van der Waals surface area contributed by atoms with Gasteiger partial charge in [-0.1, -0.05) is 48.5 Å². The molecule has 2 aliphatic heterocycles. The van der Waals surface area contributed by atoms with Crippen molar-refractivity contribution in [1.29, 1.82) is 0 Å². The van der Waals surface area contributed by atoms with Crippen LogP contribution < -0.4 is 10.5 Å². The molecular formula is C31H36N4O4S. The monoisotopic (exact) mass is 560 g/mol. The molecule has 2 aliphatic rings. The van der Waals surface area contributed by atoms with Crippen molar-refractivity contribution < 1.29 is 18.0 Å². The van der Waals surface area contributed by atoms with Crippen LogP contribution in [-0.2, 0) is 10.0 Å². The van der Waals surface area contributed by atoms with E-state index in [9.17, 15) is 18.0 Å². The van der Waals surface area contributed by atoms with Crippen molar-refractivity contribution in [3.8, 4) is 0 Å². The fourth-order valence-electron chi connectivity index (χ4n) is 6.11. The molecule has 3 N–H and O–H groups in total. The molecular weight excluding hydrogens is 524 g/mol. The summed E-state index contributed by atoms with van der Waals surface area (Å²) in [6.07, 6.45) is 0.732. The van der Waals surface area contributed by atoms with Gasteiger partial charge < -0.3 is 15.1 Å². The van der Waals surface area contributed by atoms with Gasteiger partial charge in [-0.05, 0) is 73.1 Å². The molecule has 0 aromatic heterocycles. The first-order chi connectivity index (χ1) is 19.1. The minimum atomic E-state index is -3.82. The van der Waals surface area contributed by atoms with Crippen molar-refractivity contribution in [2.75, 3.05) is 32.7 Å². The third-order valence-electron chi connectivity index (χ3n) is 8.23. The summed E-state index contributed by atoms with van der Waals surface area (Å²) in [6.45, 7) is 8.25. The lowest BCUT2D eigenvalue weighted by Crippen LogP contribution is -2.35. The summed E-state index contributed by atoms with van der Waals surface area (Å²) in [7, 11) is -3.82. The number of aryl methyl sites for hydroxylation is 2. The molecule has 0 bridgehead atoms. The van der Waals surface area contributed by atoms with E-state index in [1.165, 1.54) is 24.3 Å². The number of hydrogen-bond donors (Lipinski definition) is 2. The van der Waals surface area contributed by atoms with E-state index in [1.54, 1.807) is 0 Å². The quantitative estimate of drug-likeness (QED) is 0.438. The van der Waals surface area contributed by atoms with Gasteiger partial charge in [0.25, 0.3) is 11.8 Å². The maximum atomic E-state index is 13.3. The van der Waals surface area contributed by atoms with Crippen LogP contribution in [0.1, 0.15) is 49.9 Å². The first-order valence-corrected chi connectivity index (χ1v) is 15.2. The van der Waals surface area contributed by atoms with Crippen molar-refractivity contribution >= 4 is 21.8 Å². The number of nitrogens with zero attached hydrogens (tertiary/aromatic N) is 2. The Morgan fingerprint density at radius 1 is 0.875 bits per heavy atom. The topological polar surface area (TPSA) is 113 Å². The van der Waals surface area contributed by atoms with E-state index >= 15 is 0 Å². The zero-order valence-electron chi connectivity index (χ0n) is 22.9. The number of carbonyl (C=O) groups is 2. The van der Waals surface area contributed by atoms with E-state index in [4.69, 9.17) is 5.14 Å². The second-order valence-corrected chi connectivity index (χ2v) is 12.6. The van der Waals surface area contributed by atoms with Crippen molar-refractivity contribution in [3.63, 3.8) is 0 Å². The molecule has 3 aromatic rings. The molecule has 0 saturated carbocycles. The predicted molar refractivity (Wildman–Crippen MR) is 154 cm³/mol. The highest BCUT2D eigenvalue weighted by atomic mass is 32.2. The Labute approximate surface area is 236 Å². The van der Waals surface area contributed by atoms with Gasteiger partial charge in [0, 0.05) is 43.9 Å². The van der Waals surface area contributed by atoms with Crippen LogP contribution in [0.15, 0.2) is 77.7 Å². The maximum absolute atomic E-state index is 13.3. The van der Waals surface area contributed by atoms with Gasteiger partial charge in [-0.25, -0.2) is 13.6 Å². The van der Waals surface area contributed by atoms with Crippen molar-refractivity contribution in [1.82, 2.24) is 15.1 Å². The van der Waals surface area contributed by atoms with Gasteiger partial charge in [0.05, 0.1) is 10.9 Å². The highest BCUT2D eigenvalue weighted by molar-refractivity contribution is 7.89. The molecule has 8 nitrogen and oxygen atoms in total. The van der Waals surface area contributed by atoms with Gasteiger partial charge in [0.2, 0.25) is 10.0 Å². The second-order valence-electron chi connectivity index (χ2n) is 11.1. The number of amides is 2. The summed E-state index contributed by atoms with van der Waals surface area (Å²) in [5.41, 5.74) is 4.27. The normalized spacial score (nSPS) is 19.8. The Hall–Kier alpha value is -3.53. The molecule has 0 spiro atoms. The molecule has 2 saturated heterocycles. The fraction of sp³-hybridized carbons (Fsp3) is 0.355. The maximum Gasteiger partial charge on any atom is 0.254 e. The summed E-state index contributed by atoms with van der Waals surface area (Å²) in [5, 5.41) is 8.31. The summed E-state index contributed by atoms with van der Waals surface area (Å²) >= 11 is 0. The SMILES string of the molecule is Cc1cccc(C)c1C(=O)N1CC2CN(CCC(NC(=O)c3ccc(S(N)(=O)=O)cc3)c3ccccc3)CC2C1. The number of sulfonamides is 1. The lowest BCUT2D eigenvalue weighted by Gasteiger charge is -2.25. The number of primary sulfonamides is 1. The zero-order chi connectivity index (χ0) is 28.4. The third-order valence-corrected chi connectivity index (χ3v) is 9.16. The van der Waals surface area contributed by atoms with Crippen molar-refractivity contribution in [2.24, 2.45) is 17.0 Å². The van der Waals surface area contributed by atoms with Gasteiger partial charge in [-0.15, -0.1) is 0 Å². The van der Waals surface area contributed by atoms with E-state index in [-0.39, 0.29) is 22.8 Å². The third kappa shape index (κ3) is 6.11. The molecule has 210 valence electrons. The minimum Gasteiger partial charge on any atom is -0.345 e. The van der Waals surface area contributed by atoms with Crippen LogP contribution in [0, 0.1) is 25.7 Å². The van der Waals surface area contributed by atoms with E-state index in [0.717, 1.165) is 61.4 Å². The summed E-state index contributed by atoms with van der Waals surface area (Å²) < 4.78 is 23.1. The Bertz CT molecular complexity index is 1460. The highest BCUT2D eigenvalue weighted by Gasteiger charge is 2.42. The Morgan fingerprint density at radius 3 is 2.05 bits per heavy atom. The van der Waals surface area contributed by atoms with Crippen LogP contribution in [0.5, 0.6) is 0 Å². The molecule has 2 amide bonds. The largest absolute Gasteiger partial charge is 0.345 e. The van der Waals surface area contributed by atoms with Crippen LogP contribution in [0.25, 0.3) is 0 Å². The molecule has 2 heterocycles. The standard InChI is InChI=1S/C31H36N4O4S/c1-21-7-6-8-22(2)29(21)31(37)35-19-25-17-34(18-26(25)20-35)16-15-28(23-9-4-3-5-10-23)33-30(36)24-11-13-27(14-12-24)40(32,38)39/h3-14,25-26,28H,15-20H2,1-2H3,(H,33,36)(H2,32,38,39). The number of hydrogen-bond acceptors (Lipinski definition) is 5. The molecule has 3 unspecified atom stereocenters. The average Bonchev–Trinajstić information content (AvgIpc) is 3.50.